The van der Waals surface area contributed by atoms with Crippen LogP contribution >= 0.6 is 0 Å². The smallest absolute Gasteiger partial charge is 0.311 e. The van der Waals surface area contributed by atoms with Gasteiger partial charge in [0, 0.05) is 24.7 Å². The van der Waals surface area contributed by atoms with Crippen LogP contribution in [0.1, 0.15) is 12.0 Å². The van der Waals surface area contributed by atoms with Gasteiger partial charge in [0.15, 0.2) is 16.4 Å². The van der Waals surface area contributed by atoms with Crippen molar-refractivity contribution in [1.29, 1.82) is 0 Å². The van der Waals surface area contributed by atoms with Gasteiger partial charge < -0.3 is 9.64 Å². The summed E-state index contributed by atoms with van der Waals surface area (Å²) < 4.78 is 42.4. The maximum atomic E-state index is 13.4. The zero-order valence-electron chi connectivity index (χ0n) is 15.4. The van der Waals surface area contributed by atoms with E-state index in [0.29, 0.717) is 6.42 Å². The number of amides is 1. The van der Waals surface area contributed by atoms with Crippen LogP contribution in [0.15, 0.2) is 48.5 Å². The number of ether oxygens (including phenoxy) is 1. The Morgan fingerprint density at radius 3 is 2.59 bits per heavy atom. The van der Waals surface area contributed by atoms with E-state index in [-0.39, 0.29) is 23.8 Å². The molecule has 0 N–H and O–H groups in total. The highest BCUT2D eigenvalue weighted by molar-refractivity contribution is 7.91. The number of nitro benzene ring substituents is 1. The first-order valence-electron chi connectivity index (χ1n) is 8.86. The van der Waals surface area contributed by atoms with Crippen molar-refractivity contribution in [3.8, 4) is 5.75 Å². The van der Waals surface area contributed by atoms with Crippen molar-refractivity contribution in [2.24, 2.45) is 0 Å². The number of carbonyl (C=O) groups is 1. The Morgan fingerprint density at radius 2 is 1.97 bits per heavy atom. The van der Waals surface area contributed by atoms with Crippen LogP contribution < -0.4 is 4.74 Å². The molecule has 1 saturated heterocycles. The third-order valence-electron chi connectivity index (χ3n) is 4.63. The highest BCUT2D eigenvalue weighted by Crippen LogP contribution is 2.28. The minimum Gasteiger partial charge on any atom is -0.477 e. The number of benzene rings is 2. The van der Waals surface area contributed by atoms with Crippen LogP contribution in [-0.2, 0) is 21.2 Å². The van der Waals surface area contributed by atoms with Gasteiger partial charge in [0.1, 0.15) is 5.82 Å². The summed E-state index contributed by atoms with van der Waals surface area (Å²) in [7, 11) is -3.23. The molecule has 2 aromatic carbocycles. The van der Waals surface area contributed by atoms with Crippen molar-refractivity contribution in [2.75, 3.05) is 18.1 Å². The van der Waals surface area contributed by atoms with E-state index in [2.05, 4.69) is 0 Å². The summed E-state index contributed by atoms with van der Waals surface area (Å²) in [5, 5.41) is 11.1. The van der Waals surface area contributed by atoms with Crippen molar-refractivity contribution in [3.63, 3.8) is 0 Å². The maximum Gasteiger partial charge on any atom is 0.311 e. The molecular formula is C19H19FN2O6S. The number of sulfone groups is 1. The Labute approximate surface area is 167 Å². The second-order valence-corrected chi connectivity index (χ2v) is 8.95. The van der Waals surface area contributed by atoms with E-state index in [1.165, 1.54) is 4.90 Å². The Bertz CT molecular complexity index is 1010. The number of carbonyl (C=O) groups excluding carboxylic acids is 1. The van der Waals surface area contributed by atoms with Gasteiger partial charge in [-0.3, -0.25) is 14.9 Å². The first-order chi connectivity index (χ1) is 13.7. The molecule has 1 unspecified atom stereocenters. The third-order valence-corrected chi connectivity index (χ3v) is 6.39. The number of nitrogens with zero attached hydrogens (tertiary/aromatic N) is 2. The number of hydrogen-bond acceptors (Lipinski definition) is 6. The number of halogens is 1. The quantitative estimate of drug-likeness (QED) is 0.501. The molecule has 1 fully saturated rings. The number of hydrogen-bond donors (Lipinski definition) is 0. The summed E-state index contributed by atoms with van der Waals surface area (Å²) >= 11 is 0. The lowest BCUT2D eigenvalue weighted by Gasteiger charge is -2.28. The van der Waals surface area contributed by atoms with Crippen molar-refractivity contribution >= 4 is 21.4 Å². The molecule has 10 heteroatoms. The molecule has 3 rings (SSSR count). The SMILES string of the molecule is O=C(COc1cc(F)ccc1[N+](=O)[O-])N(Cc1ccccc1)C1CCS(=O)(=O)C1. The van der Waals surface area contributed by atoms with Crippen molar-refractivity contribution < 1.29 is 27.3 Å². The molecule has 1 amide bonds. The largest absolute Gasteiger partial charge is 0.477 e. The van der Waals surface area contributed by atoms with Gasteiger partial charge >= 0.3 is 5.69 Å². The molecule has 1 aliphatic rings. The fourth-order valence-corrected chi connectivity index (χ4v) is 4.93. The molecule has 0 saturated carbocycles. The first-order valence-corrected chi connectivity index (χ1v) is 10.7. The van der Waals surface area contributed by atoms with Crippen LogP contribution in [0, 0.1) is 15.9 Å². The first kappa shape index (κ1) is 20.7. The van der Waals surface area contributed by atoms with Crippen LogP contribution in [0.5, 0.6) is 5.75 Å². The molecular weight excluding hydrogens is 403 g/mol. The lowest BCUT2D eigenvalue weighted by molar-refractivity contribution is -0.385. The summed E-state index contributed by atoms with van der Waals surface area (Å²) in [6.45, 7) is -0.401. The lowest BCUT2D eigenvalue weighted by atomic mass is 10.1. The van der Waals surface area contributed by atoms with Crippen molar-refractivity contribution in [2.45, 2.75) is 19.0 Å². The van der Waals surface area contributed by atoms with E-state index in [4.69, 9.17) is 4.74 Å². The molecule has 0 bridgehead atoms. The van der Waals surface area contributed by atoms with Gasteiger partial charge in [0.05, 0.1) is 16.4 Å². The second kappa shape index (κ2) is 8.56. The molecule has 8 nitrogen and oxygen atoms in total. The average molecular weight is 422 g/mol. The van der Waals surface area contributed by atoms with Crippen molar-refractivity contribution in [3.05, 3.63) is 70.0 Å². The second-order valence-electron chi connectivity index (χ2n) is 6.72. The van der Waals surface area contributed by atoms with E-state index in [1.54, 1.807) is 12.1 Å². The Morgan fingerprint density at radius 1 is 1.24 bits per heavy atom. The molecule has 0 spiro atoms. The van der Waals surface area contributed by atoms with Crippen LogP contribution in [0.4, 0.5) is 10.1 Å². The molecule has 1 heterocycles. The number of nitro groups is 1. The fourth-order valence-electron chi connectivity index (χ4n) is 3.20. The van der Waals surface area contributed by atoms with Gasteiger partial charge in [-0.05, 0) is 18.1 Å². The van der Waals surface area contributed by atoms with Crippen LogP contribution in [-0.4, -0.2) is 48.3 Å². The summed E-state index contributed by atoms with van der Waals surface area (Å²) in [5.74, 6) is -1.78. The van der Waals surface area contributed by atoms with Gasteiger partial charge in [-0.1, -0.05) is 30.3 Å². The van der Waals surface area contributed by atoms with Gasteiger partial charge in [-0.25, -0.2) is 12.8 Å². The summed E-state index contributed by atoms with van der Waals surface area (Å²) in [6.07, 6.45) is 0.307. The Kier molecular flexibility index (Phi) is 6.12. The monoisotopic (exact) mass is 422 g/mol. The highest BCUT2D eigenvalue weighted by atomic mass is 32.2. The minimum absolute atomic E-state index is 0.00748. The normalized spacial score (nSPS) is 17.6. The Hall–Kier alpha value is -3.01. The molecule has 0 radical (unpaired) electrons. The lowest BCUT2D eigenvalue weighted by Crippen LogP contribution is -2.43. The third kappa shape index (κ3) is 5.29. The number of rotatable bonds is 7. The zero-order chi connectivity index (χ0) is 21.0. The standard InChI is InChI=1S/C19H19FN2O6S/c20-15-6-7-17(22(24)25)18(10-15)28-12-19(23)21(11-14-4-2-1-3-5-14)16-8-9-29(26,27)13-16/h1-7,10,16H,8-9,11-13H2. The summed E-state index contributed by atoms with van der Waals surface area (Å²) in [4.78, 5) is 24.6. The summed E-state index contributed by atoms with van der Waals surface area (Å²) in [5.41, 5.74) is 0.346. The summed E-state index contributed by atoms with van der Waals surface area (Å²) in [6, 6.07) is 11.3. The molecule has 0 aliphatic carbocycles. The molecule has 2 aromatic rings. The van der Waals surface area contributed by atoms with E-state index in [0.717, 1.165) is 23.8 Å². The maximum absolute atomic E-state index is 13.4. The van der Waals surface area contributed by atoms with E-state index < -0.39 is 44.8 Å². The van der Waals surface area contributed by atoms with Crippen LogP contribution in [0.3, 0.4) is 0 Å². The molecule has 154 valence electrons. The van der Waals surface area contributed by atoms with E-state index in [9.17, 15) is 27.7 Å². The van der Waals surface area contributed by atoms with E-state index >= 15 is 0 Å². The van der Waals surface area contributed by atoms with Crippen LogP contribution in [0.2, 0.25) is 0 Å². The van der Waals surface area contributed by atoms with E-state index in [1.807, 2.05) is 18.2 Å². The van der Waals surface area contributed by atoms with Gasteiger partial charge in [0.25, 0.3) is 5.91 Å². The zero-order valence-corrected chi connectivity index (χ0v) is 16.2. The highest BCUT2D eigenvalue weighted by Gasteiger charge is 2.35. The predicted molar refractivity (Wildman–Crippen MR) is 103 cm³/mol. The minimum atomic E-state index is -3.23. The molecule has 29 heavy (non-hydrogen) atoms. The predicted octanol–water partition coefficient (Wildman–Crippen LogP) is 2.33. The van der Waals surface area contributed by atoms with Crippen molar-refractivity contribution in [1.82, 2.24) is 4.90 Å². The molecule has 0 aromatic heterocycles. The fraction of sp³-hybridized carbons (Fsp3) is 0.316. The molecule has 1 atom stereocenters. The van der Waals surface area contributed by atoms with Gasteiger partial charge in [-0.15, -0.1) is 0 Å². The molecule has 1 aliphatic heterocycles. The topological polar surface area (TPSA) is 107 Å². The Balaban J connectivity index is 1.78. The van der Waals surface area contributed by atoms with Gasteiger partial charge in [-0.2, -0.15) is 0 Å². The van der Waals surface area contributed by atoms with Crippen LogP contribution in [0.25, 0.3) is 0 Å². The average Bonchev–Trinajstić information content (AvgIpc) is 3.04. The van der Waals surface area contributed by atoms with Gasteiger partial charge in [0.2, 0.25) is 5.75 Å².